The summed E-state index contributed by atoms with van der Waals surface area (Å²) in [5.41, 5.74) is 2.82. The van der Waals surface area contributed by atoms with Crippen LogP contribution in [0.4, 0.5) is 5.82 Å². The Labute approximate surface area is 182 Å². The van der Waals surface area contributed by atoms with Crippen LogP contribution in [-0.4, -0.2) is 49.1 Å². The molecule has 0 saturated carbocycles. The monoisotopic (exact) mass is 428 g/mol. The summed E-state index contributed by atoms with van der Waals surface area (Å²) in [6.07, 6.45) is 4.92. The number of anilines is 1. The Kier molecular flexibility index (Phi) is 7.12. The Balaban J connectivity index is 1.96. The van der Waals surface area contributed by atoms with Crippen molar-refractivity contribution in [2.24, 2.45) is 0 Å². The number of para-hydroxylation sites is 1. The SMILES string of the molecule is Cc1ccc(/C=C/c2nc(N(C)CCCN(C)C)c3cccc(Cl)c3n2)cc1Cl. The van der Waals surface area contributed by atoms with Gasteiger partial charge in [-0.15, -0.1) is 0 Å². The molecular weight excluding hydrogens is 403 g/mol. The highest BCUT2D eigenvalue weighted by atomic mass is 35.5. The van der Waals surface area contributed by atoms with Gasteiger partial charge in [0.1, 0.15) is 5.82 Å². The molecule has 0 aliphatic heterocycles. The van der Waals surface area contributed by atoms with Crippen molar-refractivity contribution in [2.45, 2.75) is 13.3 Å². The fraction of sp³-hybridized carbons (Fsp3) is 0.304. The van der Waals surface area contributed by atoms with Gasteiger partial charge in [0.15, 0.2) is 5.82 Å². The van der Waals surface area contributed by atoms with Crippen LogP contribution >= 0.6 is 23.2 Å². The first-order chi connectivity index (χ1) is 13.8. The van der Waals surface area contributed by atoms with E-state index in [1.165, 1.54) is 0 Å². The summed E-state index contributed by atoms with van der Waals surface area (Å²) in [6.45, 7) is 3.91. The van der Waals surface area contributed by atoms with Crippen LogP contribution < -0.4 is 4.90 Å². The zero-order valence-corrected chi connectivity index (χ0v) is 18.8. The smallest absolute Gasteiger partial charge is 0.155 e. The number of fused-ring (bicyclic) bond motifs is 1. The largest absolute Gasteiger partial charge is 0.359 e. The molecule has 3 aromatic rings. The van der Waals surface area contributed by atoms with Gasteiger partial charge in [0.05, 0.1) is 10.5 Å². The molecule has 0 radical (unpaired) electrons. The number of aryl methyl sites for hydroxylation is 1. The van der Waals surface area contributed by atoms with Gasteiger partial charge in [-0.05, 0) is 69.4 Å². The average Bonchev–Trinajstić information content (AvgIpc) is 2.68. The number of nitrogens with zero attached hydrogens (tertiary/aromatic N) is 4. The lowest BCUT2D eigenvalue weighted by Gasteiger charge is -2.21. The molecule has 4 nitrogen and oxygen atoms in total. The lowest BCUT2D eigenvalue weighted by atomic mass is 10.1. The number of hydrogen-bond donors (Lipinski definition) is 0. The summed E-state index contributed by atoms with van der Waals surface area (Å²) in [6, 6.07) is 11.8. The molecule has 0 fully saturated rings. The molecule has 152 valence electrons. The van der Waals surface area contributed by atoms with Crippen LogP contribution in [0, 0.1) is 6.92 Å². The summed E-state index contributed by atoms with van der Waals surface area (Å²) in [7, 11) is 6.23. The number of rotatable bonds is 7. The van der Waals surface area contributed by atoms with Crippen molar-refractivity contribution in [1.82, 2.24) is 14.9 Å². The maximum absolute atomic E-state index is 6.45. The van der Waals surface area contributed by atoms with Crippen LogP contribution in [0.5, 0.6) is 0 Å². The third-order valence-corrected chi connectivity index (χ3v) is 5.47. The number of aromatic nitrogens is 2. The third-order valence-electron chi connectivity index (χ3n) is 4.76. The lowest BCUT2D eigenvalue weighted by Crippen LogP contribution is -2.24. The van der Waals surface area contributed by atoms with Crippen LogP contribution in [0.1, 0.15) is 23.4 Å². The number of benzene rings is 2. The fourth-order valence-corrected chi connectivity index (χ4v) is 3.50. The van der Waals surface area contributed by atoms with Crippen molar-refractivity contribution in [3.63, 3.8) is 0 Å². The van der Waals surface area contributed by atoms with Gasteiger partial charge in [-0.2, -0.15) is 0 Å². The number of halogens is 2. The molecule has 2 aromatic carbocycles. The van der Waals surface area contributed by atoms with E-state index in [9.17, 15) is 0 Å². The van der Waals surface area contributed by atoms with Crippen LogP contribution in [-0.2, 0) is 0 Å². The number of hydrogen-bond acceptors (Lipinski definition) is 4. The summed E-state index contributed by atoms with van der Waals surface area (Å²) >= 11 is 12.7. The molecule has 0 N–H and O–H groups in total. The Morgan fingerprint density at radius 1 is 0.931 bits per heavy atom. The van der Waals surface area contributed by atoms with E-state index in [0.29, 0.717) is 10.8 Å². The molecule has 3 rings (SSSR count). The van der Waals surface area contributed by atoms with E-state index in [4.69, 9.17) is 28.2 Å². The highest BCUT2D eigenvalue weighted by Gasteiger charge is 2.13. The van der Waals surface area contributed by atoms with Gasteiger partial charge < -0.3 is 9.80 Å². The maximum Gasteiger partial charge on any atom is 0.155 e. The second-order valence-electron chi connectivity index (χ2n) is 7.46. The van der Waals surface area contributed by atoms with Crippen molar-refractivity contribution >= 4 is 52.1 Å². The van der Waals surface area contributed by atoms with Gasteiger partial charge in [0, 0.05) is 24.0 Å². The highest BCUT2D eigenvalue weighted by Crippen LogP contribution is 2.29. The Morgan fingerprint density at radius 2 is 1.72 bits per heavy atom. The van der Waals surface area contributed by atoms with E-state index in [0.717, 1.165) is 52.4 Å². The van der Waals surface area contributed by atoms with E-state index in [-0.39, 0.29) is 0 Å². The molecular formula is C23H26Cl2N4. The topological polar surface area (TPSA) is 32.3 Å². The third kappa shape index (κ3) is 5.47. The Bertz CT molecular complexity index is 1030. The van der Waals surface area contributed by atoms with E-state index in [1.54, 1.807) is 0 Å². The van der Waals surface area contributed by atoms with Gasteiger partial charge in [0.2, 0.25) is 0 Å². The van der Waals surface area contributed by atoms with Gasteiger partial charge in [0.25, 0.3) is 0 Å². The second kappa shape index (κ2) is 9.57. The summed E-state index contributed by atoms with van der Waals surface area (Å²) < 4.78 is 0. The van der Waals surface area contributed by atoms with E-state index < -0.39 is 0 Å². The lowest BCUT2D eigenvalue weighted by molar-refractivity contribution is 0.401. The average molecular weight is 429 g/mol. The predicted octanol–water partition coefficient (Wildman–Crippen LogP) is 5.80. The molecule has 1 heterocycles. The minimum absolute atomic E-state index is 0.622. The fourth-order valence-electron chi connectivity index (χ4n) is 3.10. The quantitative estimate of drug-likeness (QED) is 0.475. The first-order valence-electron chi connectivity index (χ1n) is 9.61. The normalized spacial score (nSPS) is 11.7. The van der Waals surface area contributed by atoms with E-state index >= 15 is 0 Å². The molecule has 29 heavy (non-hydrogen) atoms. The molecule has 0 unspecified atom stereocenters. The van der Waals surface area contributed by atoms with Crippen molar-refractivity contribution in [1.29, 1.82) is 0 Å². The summed E-state index contributed by atoms with van der Waals surface area (Å²) in [5, 5.41) is 2.33. The highest BCUT2D eigenvalue weighted by molar-refractivity contribution is 6.35. The standard InChI is InChI=1S/C23H26Cl2N4/c1-16-9-10-17(15-20(16)25)11-12-21-26-22-18(7-5-8-19(22)24)23(27-21)29(4)14-6-13-28(2)3/h5,7-12,15H,6,13-14H2,1-4H3/b12-11+. The molecule has 0 amide bonds. The van der Waals surface area contributed by atoms with Gasteiger partial charge >= 0.3 is 0 Å². The van der Waals surface area contributed by atoms with Crippen LogP contribution in [0.2, 0.25) is 10.0 Å². The minimum atomic E-state index is 0.622. The first kappa shape index (κ1) is 21.6. The zero-order chi connectivity index (χ0) is 21.0. The first-order valence-corrected chi connectivity index (χ1v) is 10.4. The molecule has 1 aromatic heterocycles. The predicted molar refractivity (Wildman–Crippen MR) is 126 cm³/mol. The van der Waals surface area contributed by atoms with Crippen molar-refractivity contribution in [2.75, 3.05) is 39.1 Å². The van der Waals surface area contributed by atoms with Crippen LogP contribution in [0.25, 0.3) is 23.1 Å². The molecule has 6 heteroatoms. The zero-order valence-electron chi connectivity index (χ0n) is 17.3. The molecule has 0 aliphatic carbocycles. The minimum Gasteiger partial charge on any atom is -0.359 e. The van der Waals surface area contributed by atoms with Crippen LogP contribution in [0.3, 0.4) is 0 Å². The molecule has 0 bridgehead atoms. The molecule has 0 atom stereocenters. The van der Waals surface area contributed by atoms with E-state index in [1.807, 2.05) is 55.5 Å². The molecule has 0 spiro atoms. The molecule has 0 aliphatic rings. The van der Waals surface area contributed by atoms with Gasteiger partial charge in [-0.25, -0.2) is 9.97 Å². The van der Waals surface area contributed by atoms with Gasteiger partial charge in [-0.3, -0.25) is 0 Å². The maximum atomic E-state index is 6.45. The Hall–Kier alpha value is -2.14. The van der Waals surface area contributed by atoms with Gasteiger partial charge in [-0.1, -0.05) is 47.5 Å². The van der Waals surface area contributed by atoms with Crippen molar-refractivity contribution < 1.29 is 0 Å². The van der Waals surface area contributed by atoms with Crippen LogP contribution in [0.15, 0.2) is 36.4 Å². The van der Waals surface area contributed by atoms with Crippen molar-refractivity contribution in [3.05, 3.63) is 63.4 Å². The van der Waals surface area contributed by atoms with Crippen molar-refractivity contribution in [3.8, 4) is 0 Å². The second-order valence-corrected chi connectivity index (χ2v) is 8.28. The Morgan fingerprint density at radius 3 is 2.45 bits per heavy atom. The summed E-state index contributed by atoms with van der Waals surface area (Å²) in [5.74, 6) is 1.51. The molecule has 0 saturated heterocycles. The van der Waals surface area contributed by atoms with E-state index in [2.05, 4.69) is 35.9 Å². The summed E-state index contributed by atoms with van der Waals surface area (Å²) in [4.78, 5) is 13.9.